The second-order valence-electron chi connectivity index (χ2n) is 47.8. The number of hydrogen-bond donors (Lipinski definition) is 12. The molecule has 33 heteroatoms. The summed E-state index contributed by atoms with van der Waals surface area (Å²) in [6, 6.07) is 44.8. The van der Waals surface area contributed by atoms with Gasteiger partial charge in [-0.1, -0.05) is 144 Å². The van der Waals surface area contributed by atoms with Gasteiger partial charge in [0.1, 0.15) is 37.8 Å². The van der Waals surface area contributed by atoms with Gasteiger partial charge in [0.2, 0.25) is 11.8 Å². The van der Waals surface area contributed by atoms with Gasteiger partial charge in [0, 0.05) is 86.3 Å². The molecular formula is C116H168F6N9O16PS. The van der Waals surface area contributed by atoms with Crippen molar-refractivity contribution in [2.45, 2.75) is 290 Å². The maximum absolute atomic E-state index is 14.5. The van der Waals surface area contributed by atoms with Crippen LogP contribution in [0.4, 0.5) is 47.9 Å². The first-order valence-corrected chi connectivity index (χ1v) is 58.1. The molecule has 6 aromatic carbocycles. The van der Waals surface area contributed by atoms with Crippen LogP contribution in [0, 0.1) is 92.7 Å². The minimum absolute atomic E-state index is 0.00628. The predicted octanol–water partition coefficient (Wildman–Crippen LogP) is 20.3. The Morgan fingerprint density at radius 3 is 1.47 bits per heavy atom. The molecule has 8 aliphatic carbocycles. The van der Waals surface area contributed by atoms with Crippen molar-refractivity contribution in [2.75, 3.05) is 113 Å². The van der Waals surface area contributed by atoms with Gasteiger partial charge in [-0.05, 0) is 309 Å². The SMILES string of the molecule is CN(C)c1cccc2c(S(=O)(=O)Nc3ccc4c(c3)NCc3cccc(n3)CNc3ccccc3OCCOCCOCCOCCO4)cccc12.C[C@H](CCC(=O)NCCCN(CCCNC(=O)CC[C@@H](C)[C@H]1CC[C@H]2[C@@H]3[C@H](O)C[C@@H]4C[C@H](O)CC[C@]4(C)[C@H]3C[C@H](O)[C@]12C)C(=O)c1ccc(C[NH2+]Cc2cc(C(C)(C)C)cc(C(C)(C)C)c2)cc1)[C@H]1CC[C@H]2[C@@H]3[C@H](O)C[C@@H]4C[C@H](O)CC[C@]4(C)[C@H]3C[C@H](O)[C@]12C.F[P-](F)(F)(F)(F)F. The van der Waals surface area contributed by atoms with Crippen molar-refractivity contribution in [3.63, 3.8) is 0 Å². The number of benzene rings is 6. The molecule has 0 saturated heterocycles. The molecule has 7 aromatic rings. The second-order valence-corrected chi connectivity index (χ2v) is 51.3. The summed E-state index contributed by atoms with van der Waals surface area (Å²) in [5.74, 6) is 3.98. The van der Waals surface area contributed by atoms with Gasteiger partial charge in [-0.2, -0.15) is 0 Å². The van der Waals surface area contributed by atoms with E-state index in [1.165, 1.54) is 16.7 Å². The van der Waals surface area contributed by atoms with Gasteiger partial charge in [0.15, 0.2) is 0 Å². The van der Waals surface area contributed by atoms with E-state index in [4.69, 9.17) is 28.7 Å². The molecule has 1 aromatic heterocycles. The molecule has 25 nitrogen and oxygen atoms in total. The normalized spacial score (nSPS) is 29.8. The molecule has 22 atom stereocenters. The molecule has 2 bridgehead atoms. The summed E-state index contributed by atoms with van der Waals surface area (Å²) in [7, 11) is -10.7. The van der Waals surface area contributed by atoms with Crippen LogP contribution in [0.3, 0.4) is 0 Å². The summed E-state index contributed by atoms with van der Waals surface area (Å²) < 4.78 is 119. The number of aliphatic hydroxyl groups is 6. The maximum atomic E-state index is 14.5. The molecule has 3 amide bonds. The van der Waals surface area contributed by atoms with Crippen LogP contribution in [-0.4, -0.2) is 196 Å². The number of quaternary nitrogens is 1. The van der Waals surface area contributed by atoms with Crippen LogP contribution in [0.2, 0.25) is 0 Å². The number of anilines is 4. The summed E-state index contributed by atoms with van der Waals surface area (Å²) in [5.41, 5.74) is 9.66. The average molecular weight is 2120 g/mol. The van der Waals surface area contributed by atoms with E-state index in [2.05, 4.69) is 145 Å². The van der Waals surface area contributed by atoms with Crippen LogP contribution in [0.15, 0.2) is 144 Å². The van der Waals surface area contributed by atoms with Gasteiger partial charge in [0.05, 0.1) is 123 Å². The number of halogens is 6. The molecule has 16 rings (SSSR count). The Morgan fingerprint density at radius 1 is 0.517 bits per heavy atom. The Kier molecular flexibility index (Phi) is 37.3. The molecule has 826 valence electrons. The zero-order valence-corrected chi connectivity index (χ0v) is 91.6. The third-order valence-electron chi connectivity index (χ3n) is 35.8. The van der Waals surface area contributed by atoms with Crippen LogP contribution in [0.1, 0.15) is 256 Å². The number of para-hydroxylation sites is 2. The van der Waals surface area contributed by atoms with E-state index in [9.17, 15) is 78.6 Å². The number of rotatable bonds is 25. The number of hydrogen-bond acceptors (Lipinski definition) is 20. The fourth-order valence-electron chi connectivity index (χ4n) is 27.7. The number of carbonyl (C=O) groups excluding carboxylic acids is 3. The number of fused-ring (bicyclic) bond motifs is 15. The van der Waals surface area contributed by atoms with Crippen molar-refractivity contribution in [1.29, 1.82) is 0 Å². The van der Waals surface area contributed by atoms with Crippen LogP contribution < -0.4 is 45.7 Å². The summed E-state index contributed by atoms with van der Waals surface area (Å²) in [4.78, 5) is 50.6. The predicted molar refractivity (Wildman–Crippen MR) is 573 cm³/mol. The topological polar surface area (TPSA) is 349 Å². The Morgan fingerprint density at radius 2 is 0.973 bits per heavy atom. The zero-order chi connectivity index (χ0) is 108. The van der Waals surface area contributed by atoms with Crippen molar-refractivity contribution in [1.82, 2.24) is 20.5 Å². The Balaban J connectivity index is 0.000000249. The monoisotopic (exact) mass is 2120 g/mol. The van der Waals surface area contributed by atoms with E-state index < -0.39 is 42.2 Å². The number of carbonyl (C=O) groups is 3. The first kappa shape index (κ1) is 116. The van der Waals surface area contributed by atoms with Crippen molar-refractivity contribution in [3.8, 4) is 11.5 Å². The van der Waals surface area contributed by atoms with Gasteiger partial charge < -0.3 is 90.7 Å². The molecule has 8 saturated carbocycles. The molecule has 1 aliphatic heterocycles. The summed E-state index contributed by atoms with van der Waals surface area (Å²) in [6.45, 7) is 34.9. The minimum atomic E-state index is -10.7. The number of nitrogens with one attached hydrogen (secondary N) is 5. The number of sulfonamides is 1. The molecule has 0 radical (unpaired) electrons. The summed E-state index contributed by atoms with van der Waals surface area (Å²) >= 11 is 0. The number of nitrogens with two attached hydrogens (primary N) is 1. The Labute approximate surface area is 878 Å². The molecule has 0 spiro atoms. The first-order chi connectivity index (χ1) is 70.2. The van der Waals surface area contributed by atoms with Crippen LogP contribution in [0.25, 0.3) is 10.8 Å². The quantitative estimate of drug-likeness (QED) is 0.0144. The molecule has 8 fully saturated rings. The average Bonchev–Trinajstić information content (AvgIpc) is 1.62. The van der Waals surface area contributed by atoms with E-state index in [0.29, 0.717) is 165 Å². The Hall–Kier alpha value is -8.50. The van der Waals surface area contributed by atoms with E-state index in [-0.39, 0.29) is 145 Å². The molecule has 0 unspecified atom stereocenters. The molecule has 149 heavy (non-hydrogen) atoms. The third kappa shape index (κ3) is 29.2. The van der Waals surface area contributed by atoms with E-state index in [0.717, 1.165) is 130 Å². The van der Waals surface area contributed by atoms with Crippen LogP contribution >= 0.6 is 7.81 Å². The van der Waals surface area contributed by atoms with Gasteiger partial charge in [0.25, 0.3) is 15.9 Å². The standard InChI is InChI=1S/C77H122N4O9.C39H45N5O7S.F6P/c1-46(57-21-23-59-69-61(42-65(86)76(57,59)11)74(9)29-27-55(82)38-53(74)40-63(69)84)15-25-67(88)79-31-13-33-81(71(90)50-19-17-48(18-20-50)44-78-45-49-35-51(72(3,4)5)37-52(36-49)73(6,7)8)34-14-32-80-68(89)26-16-47(2)58-22-24-60-70-62(43-66(87)77(58,60)12)75(10)30-28-56(83)39-54(75)41-64(70)85;1-44(2)36-13-6-11-33-32(36)10-7-15-39(33)52(45,46)43-29-16-17-38-35(26-29)41-28-31-9-5-8-30(42-31)27-40-34-12-3-4-14-37(34)50-24-22-48-20-18-47-19-21-49-23-25-51-38;1-7(2,3,4,5)6/h17-20,35-37,46-47,53-66,69-70,78,82-87H,13-16,21-34,38-45H2,1-12H3,(H,79,88)(H,80,89);3-17,26,40-41,43H,18-25,27-28H2,1-2H3;/q;;-1/p+1/t46-,47-,53+,54+,55-,56-,57-,58-,59+,60+,61+,62+,63-,64-,65+,66+,69+,70+,74+,75+,76-,77-;;/m1../s1. The Bertz CT molecular complexity index is 5630. The number of aliphatic hydroxyl groups excluding tert-OH is 6. The fourth-order valence-corrected chi connectivity index (χ4v) is 28.9. The number of pyridine rings is 1. The van der Waals surface area contributed by atoms with Crippen molar-refractivity contribution >= 4 is 69.1 Å². The molecule has 2 heterocycles. The van der Waals surface area contributed by atoms with Gasteiger partial charge >= 0.3 is 33.0 Å². The fraction of sp³-hybridized carbons (Fsp3) is 0.638. The van der Waals surface area contributed by atoms with E-state index in [1.54, 1.807) is 30.3 Å². The number of nitrogens with zero attached hydrogens (tertiary/aromatic N) is 3. The van der Waals surface area contributed by atoms with Gasteiger partial charge in [-0.25, -0.2) is 8.42 Å². The second kappa shape index (κ2) is 47.8. The zero-order valence-electron chi connectivity index (χ0n) is 89.9. The van der Waals surface area contributed by atoms with Crippen molar-refractivity contribution < 1.29 is 108 Å². The van der Waals surface area contributed by atoms with Crippen LogP contribution in [-0.2, 0) is 70.8 Å². The molecule has 13 N–H and O–H groups in total. The first-order valence-electron chi connectivity index (χ1n) is 54.6. The van der Waals surface area contributed by atoms with Gasteiger partial charge in [-0.15, -0.1) is 0 Å². The number of aromatic nitrogens is 1. The van der Waals surface area contributed by atoms with E-state index in [1.807, 2.05) is 103 Å². The summed E-state index contributed by atoms with van der Waals surface area (Å²) in [6.07, 6.45) is 12.8. The molecular weight excluding hydrogens is 1950 g/mol. The van der Waals surface area contributed by atoms with Crippen molar-refractivity contribution in [3.05, 3.63) is 179 Å². The van der Waals surface area contributed by atoms with Crippen molar-refractivity contribution in [2.24, 2.45) is 92.7 Å². The summed E-state index contributed by atoms with van der Waals surface area (Å²) in [5, 5.41) is 86.0. The van der Waals surface area contributed by atoms with Gasteiger partial charge in [-0.3, -0.25) is 24.1 Å². The number of amides is 3. The number of ether oxygens (including phenoxy) is 5. The van der Waals surface area contributed by atoms with E-state index >= 15 is 0 Å². The van der Waals surface area contributed by atoms with Crippen LogP contribution in [0.5, 0.6) is 11.5 Å². The molecule has 9 aliphatic rings. The third-order valence-corrected chi connectivity index (χ3v) is 37.2.